The zero-order chi connectivity index (χ0) is 19.0. The highest BCUT2D eigenvalue weighted by molar-refractivity contribution is 5.76. The lowest BCUT2D eigenvalue weighted by Gasteiger charge is -2.28. The smallest absolute Gasteiger partial charge is 0.165 e. The van der Waals surface area contributed by atoms with Gasteiger partial charge < -0.3 is 9.72 Å². The van der Waals surface area contributed by atoms with Crippen LogP contribution in [-0.2, 0) is 6.42 Å². The molecule has 5 heteroatoms. The van der Waals surface area contributed by atoms with Gasteiger partial charge in [0.05, 0.1) is 24.6 Å². The summed E-state index contributed by atoms with van der Waals surface area (Å²) in [4.78, 5) is 12.2. The largest absolute Gasteiger partial charge is 0.494 e. The number of benzene rings is 1. The Kier molecular flexibility index (Phi) is 4.85. The molecule has 1 aliphatic rings. The average molecular weight is 367 g/mol. The summed E-state index contributed by atoms with van der Waals surface area (Å²) in [7, 11) is 1.51. The molecule has 0 saturated heterocycles. The third-order valence-corrected chi connectivity index (χ3v) is 5.93. The molecule has 142 valence electrons. The molecule has 2 heterocycles. The normalized spacial score (nSPS) is 16.4. The highest BCUT2D eigenvalue weighted by Gasteiger charge is 2.38. The van der Waals surface area contributed by atoms with Crippen LogP contribution < -0.4 is 4.74 Å². The van der Waals surface area contributed by atoms with E-state index in [4.69, 9.17) is 4.74 Å². The monoisotopic (exact) mass is 367 g/mol. The first kappa shape index (κ1) is 18.0. The Balaban J connectivity index is 1.70. The number of aromatic amines is 1. The van der Waals surface area contributed by atoms with E-state index in [-0.39, 0.29) is 5.82 Å². The molecular formula is C22H26FN3O. The lowest BCUT2D eigenvalue weighted by atomic mass is 9.76. The standard InChI is InChI=1S/C22H26FN3O/c1-4-14(10-19-22-18(7-8-24-19)25-12-26-22)21(15-5-6-15)16-11-17(23)20(27-3)9-13(16)2/h7-9,11-12,14-15,21H,4-6,10H2,1-3H3,(H,25,26). The van der Waals surface area contributed by atoms with Crippen LogP contribution in [0.15, 0.2) is 30.7 Å². The molecule has 1 aliphatic carbocycles. The molecule has 1 N–H and O–H groups in total. The third-order valence-electron chi connectivity index (χ3n) is 5.93. The number of imidazole rings is 1. The zero-order valence-corrected chi connectivity index (χ0v) is 16.1. The van der Waals surface area contributed by atoms with Crippen molar-refractivity contribution in [3.05, 3.63) is 53.4 Å². The number of ether oxygens (including phenoxy) is 1. The van der Waals surface area contributed by atoms with Gasteiger partial charge >= 0.3 is 0 Å². The molecule has 0 aliphatic heterocycles. The van der Waals surface area contributed by atoms with Crippen LogP contribution in [-0.4, -0.2) is 22.1 Å². The van der Waals surface area contributed by atoms with Crippen molar-refractivity contribution < 1.29 is 9.13 Å². The van der Waals surface area contributed by atoms with E-state index in [0.717, 1.165) is 40.7 Å². The van der Waals surface area contributed by atoms with Gasteiger partial charge in [-0.1, -0.05) is 13.3 Å². The van der Waals surface area contributed by atoms with E-state index in [9.17, 15) is 4.39 Å². The highest BCUT2D eigenvalue weighted by atomic mass is 19.1. The highest BCUT2D eigenvalue weighted by Crippen LogP contribution is 2.49. The van der Waals surface area contributed by atoms with Gasteiger partial charge in [-0.3, -0.25) is 4.98 Å². The number of aryl methyl sites for hydroxylation is 1. The van der Waals surface area contributed by atoms with Gasteiger partial charge in [-0.25, -0.2) is 9.37 Å². The Morgan fingerprint density at radius 1 is 1.30 bits per heavy atom. The van der Waals surface area contributed by atoms with Gasteiger partial charge in [0.25, 0.3) is 0 Å². The molecule has 3 aromatic rings. The Bertz CT molecular complexity index is 948. The van der Waals surface area contributed by atoms with Crippen LogP contribution in [0.5, 0.6) is 5.75 Å². The van der Waals surface area contributed by atoms with Crippen molar-refractivity contribution in [1.82, 2.24) is 15.0 Å². The molecule has 2 unspecified atom stereocenters. The lowest BCUT2D eigenvalue weighted by Crippen LogP contribution is -2.19. The summed E-state index contributed by atoms with van der Waals surface area (Å²) in [5, 5.41) is 0. The maximum absolute atomic E-state index is 14.5. The van der Waals surface area contributed by atoms with Crippen LogP contribution >= 0.6 is 0 Å². The van der Waals surface area contributed by atoms with Gasteiger partial charge in [-0.05, 0) is 73.3 Å². The fraction of sp³-hybridized carbons (Fsp3) is 0.455. The number of hydrogen-bond donors (Lipinski definition) is 1. The molecule has 0 spiro atoms. The van der Waals surface area contributed by atoms with Crippen LogP contribution in [0.4, 0.5) is 4.39 Å². The molecule has 27 heavy (non-hydrogen) atoms. The quantitative estimate of drug-likeness (QED) is 0.626. The van der Waals surface area contributed by atoms with Gasteiger partial charge in [0, 0.05) is 6.20 Å². The topological polar surface area (TPSA) is 50.8 Å². The van der Waals surface area contributed by atoms with E-state index in [2.05, 4.69) is 28.8 Å². The van der Waals surface area contributed by atoms with Crippen molar-refractivity contribution in [2.45, 2.75) is 45.4 Å². The Morgan fingerprint density at radius 2 is 2.11 bits per heavy atom. The zero-order valence-electron chi connectivity index (χ0n) is 16.1. The maximum Gasteiger partial charge on any atom is 0.165 e. The first-order chi connectivity index (χ1) is 13.1. The number of hydrogen-bond acceptors (Lipinski definition) is 3. The van der Waals surface area contributed by atoms with Crippen molar-refractivity contribution in [2.24, 2.45) is 11.8 Å². The number of pyridine rings is 1. The van der Waals surface area contributed by atoms with E-state index < -0.39 is 0 Å². The Hall–Kier alpha value is -2.43. The van der Waals surface area contributed by atoms with Gasteiger partial charge in [-0.2, -0.15) is 0 Å². The number of H-pyrrole nitrogens is 1. The number of methoxy groups -OCH3 is 1. The van der Waals surface area contributed by atoms with E-state index in [1.54, 1.807) is 12.4 Å². The molecule has 0 bridgehead atoms. The predicted octanol–water partition coefficient (Wildman–Crippen LogP) is 5.18. The Labute approximate surface area is 159 Å². The number of nitrogens with zero attached hydrogens (tertiary/aromatic N) is 2. The molecule has 1 aromatic carbocycles. The molecule has 2 atom stereocenters. The van der Waals surface area contributed by atoms with Gasteiger partial charge in [0.15, 0.2) is 11.6 Å². The maximum atomic E-state index is 14.5. The van der Waals surface area contributed by atoms with Crippen molar-refractivity contribution in [3.63, 3.8) is 0 Å². The van der Waals surface area contributed by atoms with Gasteiger partial charge in [0.2, 0.25) is 0 Å². The van der Waals surface area contributed by atoms with E-state index in [1.165, 1.54) is 20.0 Å². The average Bonchev–Trinajstić information content (AvgIpc) is 3.38. The number of rotatable bonds is 7. The second-order valence-electron chi connectivity index (χ2n) is 7.64. The minimum Gasteiger partial charge on any atom is -0.494 e. The number of halogens is 1. The molecule has 4 rings (SSSR count). The van der Waals surface area contributed by atoms with E-state index in [1.807, 2.05) is 18.3 Å². The summed E-state index contributed by atoms with van der Waals surface area (Å²) in [6.45, 7) is 4.28. The van der Waals surface area contributed by atoms with Crippen LogP contribution in [0.3, 0.4) is 0 Å². The molecule has 1 fully saturated rings. The summed E-state index contributed by atoms with van der Waals surface area (Å²) in [6.07, 6.45) is 7.87. The SMILES string of the molecule is CCC(Cc1nccc2[nH]cnc12)C(c1cc(F)c(OC)cc1C)C1CC1. The summed E-state index contributed by atoms with van der Waals surface area (Å²) in [6, 6.07) is 5.48. The summed E-state index contributed by atoms with van der Waals surface area (Å²) in [5.74, 6) is 1.41. The minimum atomic E-state index is -0.272. The fourth-order valence-corrected chi connectivity index (χ4v) is 4.38. The van der Waals surface area contributed by atoms with E-state index >= 15 is 0 Å². The molecule has 2 aromatic heterocycles. The number of nitrogens with one attached hydrogen (secondary N) is 1. The van der Waals surface area contributed by atoms with Crippen LogP contribution in [0, 0.1) is 24.6 Å². The summed E-state index contributed by atoms with van der Waals surface area (Å²) in [5.41, 5.74) is 5.22. The molecule has 0 radical (unpaired) electrons. The van der Waals surface area contributed by atoms with Crippen molar-refractivity contribution in [3.8, 4) is 5.75 Å². The van der Waals surface area contributed by atoms with Crippen LogP contribution in [0.25, 0.3) is 11.0 Å². The number of fused-ring (bicyclic) bond motifs is 1. The van der Waals surface area contributed by atoms with Gasteiger partial charge in [-0.15, -0.1) is 0 Å². The second-order valence-corrected chi connectivity index (χ2v) is 7.64. The number of aromatic nitrogens is 3. The summed E-state index contributed by atoms with van der Waals surface area (Å²) < 4.78 is 19.6. The van der Waals surface area contributed by atoms with Gasteiger partial charge in [0.1, 0.15) is 5.52 Å². The third kappa shape index (κ3) is 3.43. The molecule has 1 saturated carbocycles. The molecule has 0 amide bonds. The Morgan fingerprint density at radius 3 is 2.81 bits per heavy atom. The molecule has 4 nitrogen and oxygen atoms in total. The fourth-order valence-electron chi connectivity index (χ4n) is 4.38. The van der Waals surface area contributed by atoms with Crippen molar-refractivity contribution >= 4 is 11.0 Å². The first-order valence-corrected chi connectivity index (χ1v) is 9.73. The summed E-state index contributed by atoms with van der Waals surface area (Å²) >= 11 is 0. The van der Waals surface area contributed by atoms with Crippen molar-refractivity contribution in [2.75, 3.05) is 7.11 Å². The molecular weight excluding hydrogens is 341 g/mol. The van der Waals surface area contributed by atoms with Crippen LogP contribution in [0.2, 0.25) is 0 Å². The van der Waals surface area contributed by atoms with Crippen molar-refractivity contribution in [1.29, 1.82) is 0 Å². The minimum absolute atomic E-state index is 0.272. The predicted molar refractivity (Wildman–Crippen MR) is 105 cm³/mol. The first-order valence-electron chi connectivity index (χ1n) is 9.73. The second kappa shape index (κ2) is 7.29. The van der Waals surface area contributed by atoms with Crippen LogP contribution in [0.1, 0.15) is 48.9 Å². The van der Waals surface area contributed by atoms with E-state index in [0.29, 0.717) is 23.5 Å². The lowest BCUT2D eigenvalue weighted by molar-refractivity contribution is 0.362.